The molecule has 0 aliphatic heterocycles. The summed E-state index contributed by atoms with van der Waals surface area (Å²) >= 11 is 0. The van der Waals surface area contributed by atoms with Gasteiger partial charge in [-0.15, -0.1) is 0 Å². The minimum absolute atomic E-state index is 0.195. The summed E-state index contributed by atoms with van der Waals surface area (Å²) in [4.78, 5) is 33.4. The normalized spacial score (nSPS) is 9.86. The Kier molecular flexibility index (Phi) is 7.45. The summed E-state index contributed by atoms with van der Waals surface area (Å²) in [6.45, 7) is 2.70. The lowest BCUT2D eigenvalue weighted by molar-refractivity contribution is -0.138. The summed E-state index contributed by atoms with van der Waals surface area (Å²) in [5.74, 6) is -1.44. The van der Waals surface area contributed by atoms with Gasteiger partial charge < -0.3 is 9.84 Å². The Morgan fingerprint density at radius 3 is 2.36 bits per heavy atom. The lowest BCUT2D eigenvalue weighted by Crippen LogP contribution is -2.41. The van der Waals surface area contributed by atoms with Gasteiger partial charge in [-0.1, -0.05) is 13.3 Å². The van der Waals surface area contributed by atoms with Gasteiger partial charge in [0, 0.05) is 12.0 Å². The number of hydrogen-bond donors (Lipinski definition) is 3. The molecule has 0 aliphatic carbocycles. The highest BCUT2D eigenvalue weighted by molar-refractivity contribution is 5.95. The maximum atomic E-state index is 11.8. The molecule has 1 aromatic rings. The van der Waals surface area contributed by atoms with Crippen LogP contribution in [0, 0.1) is 0 Å². The van der Waals surface area contributed by atoms with E-state index in [0.29, 0.717) is 17.9 Å². The third-order valence-corrected chi connectivity index (χ3v) is 2.76. The summed E-state index contributed by atoms with van der Waals surface area (Å²) in [6, 6.07) is 6.52. The molecular weight excluding hydrogens is 288 g/mol. The van der Waals surface area contributed by atoms with Crippen LogP contribution < -0.4 is 15.6 Å². The van der Waals surface area contributed by atoms with E-state index in [4.69, 9.17) is 9.84 Å². The molecule has 2 amide bonds. The Morgan fingerprint density at radius 1 is 1.09 bits per heavy atom. The Balaban J connectivity index is 2.39. The van der Waals surface area contributed by atoms with Crippen LogP contribution in [0.4, 0.5) is 0 Å². The van der Waals surface area contributed by atoms with Crippen LogP contribution in [-0.4, -0.2) is 29.5 Å². The molecule has 7 nitrogen and oxygen atoms in total. The number of unbranched alkanes of at least 4 members (excludes halogenated alkanes) is 1. The standard InChI is InChI=1S/C15H20N2O5/c1-2-3-10-22-12-6-4-11(5-7-12)15(21)17-16-13(18)8-9-14(19)20/h4-7H,2-3,8-10H2,1H3,(H,16,18)(H,17,21)(H,19,20). The van der Waals surface area contributed by atoms with Crippen LogP contribution in [0.5, 0.6) is 5.75 Å². The number of amides is 2. The zero-order valence-corrected chi connectivity index (χ0v) is 12.4. The van der Waals surface area contributed by atoms with Crippen LogP contribution in [0.25, 0.3) is 0 Å². The van der Waals surface area contributed by atoms with Crippen molar-refractivity contribution in [3.8, 4) is 5.75 Å². The molecular formula is C15H20N2O5. The lowest BCUT2D eigenvalue weighted by Gasteiger charge is -2.08. The number of benzene rings is 1. The van der Waals surface area contributed by atoms with E-state index in [0.717, 1.165) is 12.8 Å². The summed E-state index contributed by atoms with van der Waals surface area (Å²) < 4.78 is 5.48. The SMILES string of the molecule is CCCCOc1ccc(C(=O)NNC(=O)CCC(=O)O)cc1. The van der Waals surface area contributed by atoms with Crippen molar-refractivity contribution in [2.24, 2.45) is 0 Å². The van der Waals surface area contributed by atoms with E-state index in [2.05, 4.69) is 17.8 Å². The second-order valence-corrected chi connectivity index (χ2v) is 4.62. The monoisotopic (exact) mass is 308 g/mol. The van der Waals surface area contributed by atoms with E-state index >= 15 is 0 Å². The average molecular weight is 308 g/mol. The predicted octanol–water partition coefficient (Wildman–Crippen LogP) is 1.49. The van der Waals surface area contributed by atoms with Crippen molar-refractivity contribution in [3.63, 3.8) is 0 Å². The molecule has 0 unspecified atom stereocenters. The first kappa shape index (κ1) is 17.5. The molecule has 0 aliphatic rings. The van der Waals surface area contributed by atoms with Crippen LogP contribution in [0.1, 0.15) is 43.0 Å². The number of rotatable bonds is 8. The highest BCUT2D eigenvalue weighted by Gasteiger charge is 2.09. The molecule has 22 heavy (non-hydrogen) atoms. The van der Waals surface area contributed by atoms with E-state index < -0.39 is 17.8 Å². The van der Waals surface area contributed by atoms with Crippen molar-refractivity contribution in [2.75, 3.05) is 6.61 Å². The van der Waals surface area contributed by atoms with Gasteiger partial charge in [-0.05, 0) is 30.7 Å². The number of nitrogens with one attached hydrogen (secondary N) is 2. The predicted molar refractivity (Wildman–Crippen MR) is 79.3 cm³/mol. The Morgan fingerprint density at radius 2 is 1.77 bits per heavy atom. The molecule has 1 aromatic carbocycles. The molecule has 0 fully saturated rings. The lowest BCUT2D eigenvalue weighted by atomic mass is 10.2. The quantitative estimate of drug-likeness (QED) is 0.498. The minimum atomic E-state index is -1.07. The first-order valence-corrected chi connectivity index (χ1v) is 7.06. The topological polar surface area (TPSA) is 105 Å². The number of carboxylic acids is 1. The maximum absolute atomic E-state index is 11.8. The molecule has 0 saturated heterocycles. The number of aliphatic carboxylic acids is 1. The fraction of sp³-hybridized carbons (Fsp3) is 0.400. The highest BCUT2D eigenvalue weighted by atomic mass is 16.5. The van der Waals surface area contributed by atoms with Crippen molar-refractivity contribution < 1.29 is 24.2 Å². The van der Waals surface area contributed by atoms with E-state index in [1.54, 1.807) is 24.3 Å². The van der Waals surface area contributed by atoms with Crippen molar-refractivity contribution in [1.82, 2.24) is 10.9 Å². The van der Waals surface area contributed by atoms with Gasteiger partial charge in [0.2, 0.25) is 5.91 Å². The Labute approximate surface area is 128 Å². The third kappa shape index (κ3) is 6.74. The van der Waals surface area contributed by atoms with Gasteiger partial charge in [0.25, 0.3) is 5.91 Å². The minimum Gasteiger partial charge on any atom is -0.494 e. The molecule has 0 aromatic heterocycles. The van der Waals surface area contributed by atoms with Crippen LogP contribution in [0.3, 0.4) is 0 Å². The summed E-state index contributed by atoms with van der Waals surface area (Å²) in [6.07, 6.45) is 1.53. The van der Waals surface area contributed by atoms with Gasteiger partial charge in [0.15, 0.2) is 0 Å². The van der Waals surface area contributed by atoms with Crippen LogP contribution in [-0.2, 0) is 9.59 Å². The zero-order valence-electron chi connectivity index (χ0n) is 12.4. The van der Waals surface area contributed by atoms with Gasteiger partial charge in [0.05, 0.1) is 13.0 Å². The Bertz CT molecular complexity index is 513. The Hall–Kier alpha value is -2.57. The molecule has 1 rings (SSSR count). The second kappa shape index (κ2) is 9.38. The van der Waals surface area contributed by atoms with E-state index in [9.17, 15) is 14.4 Å². The molecule has 0 radical (unpaired) electrons. The van der Waals surface area contributed by atoms with E-state index in [1.165, 1.54) is 0 Å². The van der Waals surface area contributed by atoms with Crippen molar-refractivity contribution in [2.45, 2.75) is 32.6 Å². The molecule has 7 heteroatoms. The molecule has 120 valence electrons. The summed E-state index contributed by atoms with van der Waals surface area (Å²) in [5.41, 5.74) is 4.74. The number of carbonyl (C=O) groups is 3. The van der Waals surface area contributed by atoms with Crippen molar-refractivity contribution in [1.29, 1.82) is 0 Å². The number of carboxylic acid groups (broad SMARTS) is 1. The van der Waals surface area contributed by atoms with Crippen molar-refractivity contribution >= 4 is 17.8 Å². The molecule has 0 saturated carbocycles. The largest absolute Gasteiger partial charge is 0.494 e. The van der Waals surface area contributed by atoms with Crippen LogP contribution >= 0.6 is 0 Å². The van der Waals surface area contributed by atoms with Crippen molar-refractivity contribution in [3.05, 3.63) is 29.8 Å². The van der Waals surface area contributed by atoms with Gasteiger partial charge >= 0.3 is 5.97 Å². The molecule has 0 heterocycles. The van der Waals surface area contributed by atoms with Gasteiger partial charge in [-0.25, -0.2) is 0 Å². The first-order chi connectivity index (χ1) is 10.5. The van der Waals surface area contributed by atoms with Crippen LogP contribution in [0.2, 0.25) is 0 Å². The summed E-state index contributed by atoms with van der Waals surface area (Å²) in [5, 5.41) is 8.44. The fourth-order valence-corrected chi connectivity index (χ4v) is 1.52. The molecule has 0 bridgehead atoms. The third-order valence-electron chi connectivity index (χ3n) is 2.76. The summed E-state index contributed by atoms with van der Waals surface area (Å²) in [7, 11) is 0. The number of carbonyl (C=O) groups excluding carboxylic acids is 2. The number of hydrogen-bond acceptors (Lipinski definition) is 4. The van der Waals surface area contributed by atoms with Gasteiger partial charge in [-0.3, -0.25) is 25.2 Å². The van der Waals surface area contributed by atoms with Crippen LogP contribution in [0.15, 0.2) is 24.3 Å². The van der Waals surface area contributed by atoms with Gasteiger partial charge in [0.1, 0.15) is 5.75 Å². The number of hydrazine groups is 1. The second-order valence-electron chi connectivity index (χ2n) is 4.62. The first-order valence-electron chi connectivity index (χ1n) is 7.06. The maximum Gasteiger partial charge on any atom is 0.303 e. The number of ether oxygens (including phenoxy) is 1. The van der Waals surface area contributed by atoms with E-state index in [-0.39, 0.29) is 12.8 Å². The highest BCUT2D eigenvalue weighted by Crippen LogP contribution is 2.12. The average Bonchev–Trinajstić information content (AvgIpc) is 2.51. The molecule has 0 spiro atoms. The zero-order chi connectivity index (χ0) is 16.4. The molecule has 3 N–H and O–H groups in total. The smallest absolute Gasteiger partial charge is 0.303 e. The fourth-order valence-electron chi connectivity index (χ4n) is 1.52. The molecule has 0 atom stereocenters. The van der Waals surface area contributed by atoms with Gasteiger partial charge in [-0.2, -0.15) is 0 Å². The van der Waals surface area contributed by atoms with E-state index in [1.807, 2.05) is 0 Å².